The third kappa shape index (κ3) is 3.62. The zero-order chi connectivity index (χ0) is 9.68. The lowest BCUT2D eigenvalue weighted by molar-refractivity contribution is 0.162. The molecule has 0 N–H and O–H groups in total. The number of rotatable bonds is 3. The monoisotopic (exact) mass is 182 g/mol. The molecule has 1 heterocycles. The van der Waals surface area contributed by atoms with E-state index < -0.39 is 0 Å². The zero-order valence-electron chi connectivity index (χ0n) is 8.53. The van der Waals surface area contributed by atoms with E-state index in [1.54, 1.807) is 0 Å². The van der Waals surface area contributed by atoms with Crippen LogP contribution in [0.4, 0.5) is 0 Å². The van der Waals surface area contributed by atoms with Crippen LogP contribution in [0.15, 0.2) is 0 Å². The summed E-state index contributed by atoms with van der Waals surface area (Å²) in [6.45, 7) is 6.06. The Morgan fingerprint density at radius 2 is 1.85 bits per heavy atom. The van der Waals surface area contributed by atoms with Crippen LogP contribution in [0.2, 0.25) is 0 Å². The standard InChI is InChI=1S/C9H18N4/c1-11(2)3-4-12-5-7-13(9-10)8-6-12/h3-8H2,1-2H3. The molecule has 0 saturated carbocycles. The summed E-state index contributed by atoms with van der Waals surface area (Å²) in [5.74, 6) is 0. The summed E-state index contributed by atoms with van der Waals surface area (Å²) in [7, 11) is 4.18. The Hall–Kier alpha value is -0.790. The highest BCUT2D eigenvalue weighted by molar-refractivity contribution is 4.80. The van der Waals surface area contributed by atoms with Crippen LogP contribution < -0.4 is 0 Å². The first-order chi connectivity index (χ1) is 6.22. The van der Waals surface area contributed by atoms with E-state index in [1.807, 2.05) is 4.90 Å². The summed E-state index contributed by atoms with van der Waals surface area (Å²) < 4.78 is 0. The second kappa shape index (κ2) is 5.05. The third-order valence-corrected chi connectivity index (χ3v) is 2.38. The first-order valence-electron chi connectivity index (χ1n) is 4.74. The number of piperazine rings is 1. The van der Waals surface area contributed by atoms with Gasteiger partial charge in [-0.05, 0) is 14.1 Å². The van der Waals surface area contributed by atoms with E-state index in [0.717, 1.165) is 39.3 Å². The van der Waals surface area contributed by atoms with Crippen LogP contribution in [0, 0.1) is 11.5 Å². The Morgan fingerprint density at radius 3 is 2.31 bits per heavy atom. The number of nitriles is 1. The lowest BCUT2D eigenvalue weighted by Crippen LogP contribution is -2.46. The highest BCUT2D eigenvalue weighted by Crippen LogP contribution is 1.99. The van der Waals surface area contributed by atoms with Gasteiger partial charge in [0.2, 0.25) is 0 Å². The van der Waals surface area contributed by atoms with Crippen molar-refractivity contribution in [2.45, 2.75) is 0 Å². The maximum absolute atomic E-state index is 8.64. The minimum Gasteiger partial charge on any atom is -0.308 e. The van der Waals surface area contributed by atoms with Crippen molar-refractivity contribution in [3.63, 3.8) is 0 Å². The van der Waals surface area contributed by atoms with Crippen molar-refractivity contribution < 1.29 is 0 Å². The van der Waals surface area contributed by atoms with Crippen molar-refractivity contribution in [3.8, 4) is 6.19 Å². The fourth-order valence-corrected chi connectivity index (χ4v) is 1.41. The molecular weight excluding hydrogens is 164 g/mol. The highest BCUT2D eigenvalue weighted by atomic mass is 15.3. The van der Waals surface area contributed by atoms with Gasteiger partial charge in [-0.2, -0.15) is 5.26 Å². The SMILES string of the molecule is CN(C)CCN1CCN(C#N)CC1. The number of hydrogen-bond acceptors (Lipinski definition) is 4. The third-order valence-electron chi connectivity index (χ3n) is 2.38. The van der Waals surface area contributed by atoms with Crippen LogP contribution in [0.1, 0.15) is 0 Å². The molecule has 1 rings (SSSR count). The lowest BCUT2D eigenvalue weighted by atomic mass is 10.3. The molecule has 0 amide bonds. The van der Waals surface area contributed by atoms with Gasteiger partial charge in [-0.3, -0.25) is 4.90 Å². The molecule has 0 unspecified atom stereocenters. The van der Waals surface area contributed by atoms with Gasteiger partial charge in [0.05, 0.1) is 0 Å². The molecule has 1 aliphatic rings. The van der Waals surface area contributed by atoms with Gasteiger partial charge >= 0.3 is 0 Å². The topological polar surface area (TPSA) is 33.5 Å². The normalized spacial score (nSPS) is 19.1. The van der Waals surface area contributed by atoms with Crippen molar-refractivity contribution in [2.24, 2.45) is 0 Å². The molecule has 0 spiro atoms. The highest BCUT2D eigenvalue weighted by Gasteiger charge is 2.14. The van der Waals surface area contributed by atoms with Gasteiger partial charge in [-0.15, -0.1) is 0 Å². The predicted molar refractivity (Wildman–Crippen MR) is 52.2 cm³/mol. The zero-order valence-corrected chi connectivity index (χ0v) is 8.53. The molecule has 4 heteroatoms. The quantitative estimate of drug-likeness (QED) is 0.558. The van der Waals surface area contributed by atoms with Gasteiger partial charge in [0.1, 0.15) is 0 Å². The van der Waals surface area contributed by atoms with Crippen molar-refractivity contribution in [1.82, 2.24) is 14.7 Å². The Morgan fingerprint density at radius 1 is 1.23 bits per heavy atom. The molecule has 74 valence electrons. The summed E-state index contributed by atoms with van der Waals surface area (Å²) in [5.41, 5.74) is 0. The van der Waals surface area contributed by atoms with Crippen molar-refractivity contribution in [2.75, 3.05) is 53.4 Å². The van der Waals surface area contributed by atoms with Crippen LogP contribution in [-0.4, -0.2) is 68.1 Å². The van der Waals surface area contributed by atoms with Crippen LogP contribution >= 0.6 is 0 Å². The van der Waals surface area contributed by atoms with Gasteiger partial charge in [-0.1, -0.05) is 0 Å². The Kier molecular flexibility index (Phi) is 4.00. The summed E-state index contributed by atoms with van der Waals surface area (Å²) in [6.07, 6.45) is 2.19. The van der Waals surface area contributed by atoms with E-state index in [9.17, 15) is 0 Å². The molecule has 1 saturated heterocycles. The Labute approximate surface area is 80.3 Å². The van der Waals surface area contributed by atoms with E-state index in [2.05, 4.69) is 30.1 Å². The molecule has 4 nitrogen and oxygen atoms in total. The van der Waals surface area contributed by atoms with Crippen molar-refractivity contribution >= 4 is 0 Å². The van der Waals surface area contributed by atoms with Crippen LogP contribution in [-0.2, 0) is 0 Å². The first-order valence-corrected chi connectivity index (χ1v) is 4.74. The molecule has 0 aromatic rings. The molecule has 13 heavy (non-hydrogen) atoms. The Balaban J connectivity index is 2.15. The molecule has 1 fully saturated rings. The largest absolute Gasteiger partial charge is 0.308 e. The maximum Gasteiger partial charge on any atom is 0.179 e. The predicted octanol–water partition coefficient (Wildman–Crippen LogP) is -0.353. The van der Waals surface area contributed by atoms with Crippen LogP contribution in [0.5, 0.6) is 0 Å². The van der Waals surface area contributed by atoms with Gasteiger partial charge in [0.25, 0.3) is 0 Å². The second-order valence-corrected chi connectivity index (χ2v) is 3.73. The molecule has 0 aliphatic carbocycles. The van der Waals surface area contributed by atoms with Gasteiger partial charge in [0, 0.05) is 39.3 Å². The van der Waals surface area contributed by atoms with Gasteiger partial charge < -0.3 is 9.80 Å². The van der Waals surface area contributed by atoms with E-state index >= 15 is 0 Å². The number of nitrogens with zero attached hydrogens (tertiary/aromatic N) is 4. The van der Waals surface area contributed by atoms with Gasteiger partial charge in [-0.25, -0.2) is 0 Å². The minimum atomic E-state index is 0.893. The summed E-state index contributed by atoms with van der Waals surface area (Å²) in [5, 5.41) is 8.64. The summed E-state index contributed by atoms with van der Waals surface area (Å²) in [4.78, 5) is 6.43. The van der Waals surface area contributed by atoms with Gasteiger partial charge in [0.15, 0.2) is 6.19 Å². The molecule has 0 aromatic carbocycles. The smallest absolute Gasteiger partial charge is 0.179 e. The molecule has 0 atom stereocenters. The number of likely N-dealkylation sites (N-methyl/N-ethyl adjacent to an activating group) is 1. The summed E-state index contributed by atoms with van der Waals surface area (Å²) >= 11 is 0. The fraction of sp³-hybridized carbons (Fsp3) is 0.889. The minimum absolute atomic E-state index is 0.893. The van der Waals surface area contributed by atoms with Crippen LogP contribution in [0.3, 0.4) is 0 Å². The second-order valence-electron chi connectivity index (χ2n) is 3.73. The molecule has 0 radical (unpaired) electrons. The first kappa shape index (κ1) is 10.3. The molecule has 0 aromatic heterocycles. The van der Waals surface area contributed by atoms with E-state index in [1.165, 1.54) is 0 Å². The molecule has 1 aliphatic heterocycles. The Bertz CT molecular complexity index is 177. The molecule has 0 bridgehead atoms. The average molecular weight is 182 g/mol. The molecular formula is C9H18N4. The van der Waals surface area contributed by atoms with Crippen LogP contribution in [0.25, 0.3) is 0 Å². The van der Waals surface area contributed by atoms with E-state index in [4.69, 9.17) is 5.26 Å². The van der Waals surface area contributed by atoms with E-state index in [-0.39, 0.29) is 0 Å². The fourth-order valence-electron chi connectivity index (χ4n) is 1.41. The van der Waals surface area contributed by atoms with Crippen molar-refractivity contribution in [1.29, 1.82) is 5.26 Å². The maximum atomic E-state index is 8.64. The number of hydrogen-bond donors (Lipinski definition) is 0. The lowest BCUT2D eigenvalue weighted by Gasteiger charge is -2.32. The average Bonchev–Trinajstić information content (AvgIpc) is 2.15. The van der Waals surface area contributed by atoms with Crippen molar-refractivity contribution in [3.05, 3.63) is 0 Å². The van der Waals surface area contributed by atoms with E-state index in [0.29, 0.717) is 0 Å². The summed E-state index contributed by atoms with van der Waals surface area (Å²) in [6, 6.07) is 0.